The first-order valence-electron chi connectivity index (χ1n) is 9.08. The summed E-state index contributed by atoms with van der Waals surface area (Å²) in [6.07, 6.45) is 4.62. The van der Waals surface area contributed by atoms with Crippen LogP contribution in [0.5, 0.6) is 5.75 Å². The Kier molecular flexibility index (Phi) is 4.99. The molecule has 0 spiro atoms. The van der Waals surface area contributed by atoms with E-state index < -0.39 is 5.82 Å². The van der Waals surface area contributed by atoms with Crippen molar-refractivity contribution in [3.63, 3.8) is 0 Å². The maximum atomic E-state index is 15.1. The minimum atomic E-state index is -0.430. The zero-order chi connectivity index (χ0) is 18.8. The van der Waals surface area contributed by atoms with E-state index in [0.717, 1.165) is 24.5 Å². The second kappa shape index (κ2) is 7.57. The Morgan fingerprint density at radius 2 is 1.89 bits per heavy atom. The fourth-order valence-electron chi connectivity index (χ4n) is 3.54. The molecule has 2 heterocycles. The summed E-state index contributed by atoms with van der Waals surface area (Å²) in [5, 5.41) is 10.7. The number of anilines is 1. The Bertz CT molecular complexity index is 953. The summed E-state index contributed by atoms with van der Waals surface area (Å²) in [7, 11) is 0. The number of hydrogen-bond donors (Lipinski definition) is 1. The molecule has 1 N–H and O–H groups in total. The lowest BCUT2D eigenvalue weighted by Gasteiger charge is -2.16. The Morgan fingerprint density at radius 1 is 1.07 bits per heavy atom. The molecule has 1 fully saturated rings. The number of pyridine rings is 1. The monoisotopic (exact) mass is 382 g/mol. The third-order valence-corrected chi connectivity index (χ3v) is 5.18. The molecule has 1 saturated heterocycles. The minimum absolute atomic E-state index is 0.0963. The summed E-state index contributed by atoms with van der Waals surface area (Å²) in [6, 6.07) is 14.0. The summed E-state index contributed by atoms with van der Waals surface area (Å²) < 4.78 is 15.1. The molecule has 0 atom stereocenters. The van der Waals surface area contributed by atoms with Crippen LogP contribution in [0.3, 0.4) is 0 Å². The van der Waals surface area contributed by atoms with Crippen molar-refractivity contribution >= 4 is 17.4 Å². The van der Waals surface area contributed by atoms with Gasteiger partial charge in [0.05, 0.1) is 5.56 Å². The van der Waals surface area contributed by atoms with Gasteiger partial charge in [0.2, 0.25) is 0 Å². The number of aromatic hydroxyl groups is 1. The summed E-state index contributed by atoms with van der Waals surface area (Å²) in [5.74, 6) is 0.448. The lowest BCUT2D eigenvalue weighted by atomic mass is 9.97. The molecule has 0 radical (unpaired) electrons. The van der Waals surface area contributed by atoms with Crippen molar-refractivity contribution in [2.45, 2.75) is 19.3 Å². The third-order valence-electron chi connectivity index (χ3n) is 4.95. The molecule has 3 nitrogen and oxygen atoms in total. The molecule has 0 bridgehead atoms. The highest BCUT2D eigenvalue weighted by atomic mass is 35.5. The molecule has 0 unspecified atom stereocenters. The Labute approximate surface area is 163 Å². The summed E-state index contributed by atoms with van der Waals surface area (Å²) in [5.41, 5.74) is 2.18. The van der Waals surface area contributed by atoms with Gasteiger partial charge in [-0.15, -0.1) is 0 Å². The first-order chi connectivity index (χ1) is 13.1. The van der Waals surface area contributed by atoms with E-state index in [1.165, 1.54) is 18.9 Å². The minimum Gasteiger partial charge on any atom is -0.507 e. The molecule has 3 aromatic rings. The average molecular weight is 383 g/mol. The van der Waals surface area contributed by atoms with Crippen molar-refractivity contribution in [3.05, 3.63) is 76.7 Å². The van der Waals surface area contributed by atoms with Crippen molar-refractivity contribution in [1.82, 2.24) is 4.98 Å². The zero-order valence-corrected chi connectivity index (χ0v) is 15.6. The first kappa shape index (κ1) is 17.8. The quantitative estimate of drug-likeness (QED) is 0.652. The molecule has 1 aromatic heterocycles. The van der Waals surface area contributed by atoms with Gasteiger partial charge in [-0.25, -0.2) is 9.37 Å². The van der Waals surface area contributed by atoms with Gasteiger partial charge in [-0.05, 0) is 53.8 Å². The maximum absolute atomic E-state index is 15.1. The van der Waals surface area contributed by atoms with E-state index in [4.69, 9.17) is 11.6 Å². The van der Waals surface area contributed by atoms with Gasteiger partial charge in [0.25, 0.3) is 0 Å². The van der Waals surface area contributed by atoms with E-state index in [2.05, 4.69) is 9.88 Å². The molecule has 1 aliphatic heterocycles. The predicted molar refractivity (Wildman–Crippen MR) is 107 cm³/mol. The Morgan fingerprint density at radius 3 is 2.59 bits per heavy atom. The predicted octanol–water partition coefficient (Wildman–Crippen LogP) is 5.44. The standard InChI is InChI=1S/C22H20ClFN2O/c23-18-5-3-4-16(13-18)21-19(27)8-7-17(22(21)24)12-15-6-9-20(25-14-15)26-10-1-2-11-26/h3-9,13-14,27H,1-2,10-12H2. The average Bonchev–Trinajstić information content (AvgIpc) is 3.20. The fourth-order valence-corrected chi connectivity index (χ4v) is 3.73. The van der Waals surface area contributed by atoms with Gasteiger partial charge in [0.15, 0.2) is 0 Å². The summed E-state index contributed by atoms with van der Waals surface area (Å²) >= 11 is 6.02. The van der Waals surface area contributed by atoms with E-state index in [1.807, 2.05) is 12.1 Å². The number of nitrogens with zero attached hydrogens (tertiary/aromatic N) is 2. The van der Waals surface area contributed by atoms with Gasteiger partial charge < -0.3 is 10.0 Å². The number of phenols is 1. The number of aromatic nitrogens is 1. The number of halogens is 2. The van der Waals surface area contributed by atoms with Gasteiger partial charge in [-0.2, -0.15) is 0 Å². The molecule has 5 heteroatoms. The van der Waals surface area contributed by atoms with Crippen LogP contribution in [0.15, 0.2) is 54.7 Å². The summed E-state index contributed by atoms with van der Waals surface area (Å²) in [6.45, 7) is 2.09. The maximum Gasteiger partial charge on any atom is 0.138 e. The molecule has 138 valence electrons. The van der Waals surface area contributed by atoms with Crippen LogP contribution in [0.25, 0.3) is 11.1 Å². The molecule has 1 aliphatic rings. The third kappa shape index (κ3) is 3.76. The highest BCUT2D eigenvalue weighted by molar-refractivity contribution is 6.30. The van der Waals surface area contributed by atoms with Crippen LogP contribution in [-0.4, -0.2) is 23.2 Å². The van der Waals surface area contributed by atoms with E-state index >= 15 is 4.39 Å². The van der Waals surface area contributed by atoms with Crippen molar-refractivity contribution in [3.8, 4) is 16.9 Å². The van der Waals surface area contributed by atoms with E-state index in [-0.39, 0.29) is 11.3 Å². The number of hydrogen-bond acceptors (Lipinski definition) is 3. The van der Waals surface area contributed by atoms with Crippen LogP contribution in [0.1, 0.15) is 24.0 Å². The van der Waals surface area contributed by atoms with Crippen LogP contribution in [0, 0.1) is 5.82 Å². The van der Waals surface area contributed by atoms with Gasteiger partial charge >= 0.3 is 0 Å². The van der Waals surface area contributed by atoms with Crippen LogP contribution < -0.4 is 4.90 Å². The number of phenolic OH excluding ortho intramolecular Hbond substituents is 1. The summed E-state index contributed by atoms with van der Waals surface area (Å²) in [4.78, 5) is 6.80. The molecular weight excluding hydrogens is 363 g/mol. The van der Waals surface area contributed by atoms with Crippen LogP contribution in [0.4, 0.5) is 10.2 Å². The largest absolute Gasteiger partial charge is 0.507 e. The lowest BCUT2D eigenvalue weighted by Crippen LogP contribution is -2.18. The molecular formula is C22H20ClFN2O. The van der Waals surface area contributed by atoms with E-state index in [0.29, 0.717) is 22.6 Å². The molecule has 27 heavy (non-hydrogen) atoms. The first-order valence-corrected chi connectivity index (χ1v) is 9.46. The van der Waals surface area contributed by atoms with Gasteiger partial charge in [-0.3, -0.25) is 0 Å². The smallest absolute Gasteiger partial charge is 0.138 e. The van der Waals surface area contributed by atoms with E-state index in [1.54, 1.807) is 36.5 Å². The topological polar surface area (TPSA) is 36.4 Å². The SMILES string of the molecule is Oc1ccc(Cc2ccc(N3CCCC3)nc2)c(F)c1-c1cccc(Cl)c1. The molecule has 0 saturated carbocycles. The van der Waals surface area contributed by atoms with Gasteiger partial charge in [-0.1, -0.05) is 35.9 Å². The molecule has 0 amide bonds. The molecule has 0 aliphatic carbocycles. The molecule has 2 aromatic carbocycles. The van der Waals surface area contributed by atoms with Gasteiger partial charge in [0, 0.05) is 30.7 Å². The van der Waals surface area contributed by atoms with Crippen LogP contribution in [0.2, 0.25) is 5.02 Å². The van der Waals surface area contributed by atoms with Crippen molar-refractivity contribution < 1.29 is 9.50 Å². The normalized spacial score (nSPS) is 13.9. The number of benzene rings is 2. The fraction of sp³-hybridized carbons (Fsp3) is 0.227. The second-order valence-corrected chi connectivity index (χ2v) is 7.28. The van der Waals surface area contributed by atoms with Crippen LogP contribution >= 0.6 is 11.6 Å². The van der Waals surface area contributed by atoms with Gasteiger partial charge in [0.1, 0.15) is 17.4 Å². The Balaban J connectivity index is 1.62. The lowest BCUT2D eigenvalue weighted by molar-refractivity contribution is 0.471. The van der Waals surface area contributed by atoms with Crippen molar-refractivity contribution in [2.24, 2.45) is 0 Å². The highest BCUT2D eigenvalue weighted by Crippen LogP contribution is 2.35. The van der Waals surface area contributed by atoms with Crippen LogP contribution in [-0.2, 0) is 6.42 Å². The Hall–Kier alpha value is -2.59. The number of rotatable bonds is 4. The second-order valence-electron chi connectivity index (χ2n) is 6.84. The van der Waals surface area contributed by atoms with Crippen molar-refractivity contribution in [1.29, 1.82) is 0 Å². The zero-order valence-electron chi connectivity index (χ0n) is 14.8. The van der Waals surface area contributed by atoms with E-state index in [9.17, 15) is 5.11 Å². The van der Waals surface area contributed by atoms with Crippen molar-refractivity contribution in [2.75, 3.05) is 18.0 Å². The highest BCUT2D eigenvalue weighted by Gasteiger charge is 2.17. The molecule has 4 rings (SSSR count).